The Bertz CT molecular complexity index is 546. The lowest BCUT2D eigenvalue weighted by molar-refractivity contribution is -0.142. The maximum Gasteiger partial charge on any atom is 0.306 e. The fourth-order valence-electron chi connectivity index (χ4n) is 2.27. The maximum absolute atomic E-state index is 11.5. The van der Waals surface area contributed by atoms with Crippen LogP contribution in [0, 0.1) is 17.8 Å². The number of hydrogen-bond acceptors (Lipinski definition) is 1. The third-order valence-corrected chi connectivity index (χ3v) is 3.51. The van der Waals surface area contributed by atoms with Crippen molar-refractivity contribution in [1.29, 1.82) is 0 Å². The molecule has 2 atom stereocenters. The lowest BCUT2D eigenvalue weighted by Crippen LogP contribution is -2.18. The Morgan fingerprint density at radius 1 is 1.23 bits per heavy atom. The summed E-state index contributed by atoms with van der Waals surface area (Å²) in [6.07, 6.45) is 6.93. The summed E-state index contributed by atoms with van der Waals surface area (Å²) in [4.78, 5) is 11.5. The maximum atomic E-state index is 11.5. The summed E-state index contributed by atoms with van der Waals surface area (Å²) in [6, 6.07) is 7.89. The molecule has 22 heavy (non-hydrogen) atoms. The second kappa shape index (κ2) is 9.07. The van der Waals surface area contributed by atoms with Crippen LogP contribution in [0.1, 0.15) is 38.3 Å². The zero-order valence-corrected chi connectivity index (χ0v) is 13.8. The predicted molar refractivity (Wildman–Crippen MR) is 92.6 cm³/mol. The van der Waals surface area contributed by atoms with Gasteiger partial charge in [-0.15, -0.1) is 5.73 Å². The van der Waals surface area contributed by atoms with E-state index in [2.05, 4.69) is 26.2 Å². The molecule has 1 N–H and O–H groups in total. The van der Waals surface area contributed by atoms with Crippen LogP contribution in [-0.4, -0.2) is 11.1 Å². The number of benzene rings is 1. The van der Waals surface area contributed by atoms with Gasteiger partial charge in [-0.3, -0.25) is 4.79 Å². The Morgan fingerprint density at radius 3 is 2.36 bits per heavy atom. The van der Waals surface area contributed by atoms with Gasteiger partial charge in [0, 0.05) is 0 Å². The number of carboxylic acids is 1. The molecule has 0 radical (unpaired) electrons. The largest absolute Gasteiger partial charge is 0.481 e. The molecule has 0 saturated carbocycles. The lowest BCUT2D eigenvalue weighted by atomic mass is 9.90. The van der Waals surface area contributed by atoms with Crippen molar-refractivity contribution in [3.05, 3.63) is 59.9 Å². The SMILES string of the molecule is C=Cc1ccc(CC(CC(C)C=C=CC(C)C)C(=O)O)cc1. The monoisotopic (exact) mass is 298 g/mol. The first-order valence-corrected chi connectivity index (χ1v) is 7.79. The minimum atomic E-state index is -0.735. The van der Waals surface area contributed by atoms with Crippen molar-refractivity contribution >= 4 is 12.0 Å². The van der Waals surface area contributed by atoms with Gasteiger partial charge in [0.25, 0.3) is 0 Å². The van der Waals surface area contributed by atoms with E-state index in [0.29, 0.717) is 18.8 Å². The van der Waals surface area contributed by atoms with Gasteiger partial charge in [-0.1, -0.05) is 57.7 Å². The smallest absolute Gasteiger partial charge is 0.306 e. The number of carboxylic acid groups (broad SMARTS) is 1. The van der Waals surface area contributed by atoms with Gasteiger partial charge in [0.05, 0.1) is 5.92 Å². The van der Waals surface area contributed by atoms with E-state index in [-0.39, 0.29) is 11.8 Å². The third-order valence-electron chi connectivity index (χ3n) is 3.51. The number of hydrogen-bond donors (Lipinski definition) is 1. The first kappa shape index (κ1) is 18.0. The average Bonchev–Trinajstić information content (AvgIpc) is 2.46. The van der Waals surface area contributed by atoms with E-state index in [4.69, 9.17) is 0 Å². The highest BCUT2D eigenvalue weighted by atomic mass is 16.4. The summed E-state index contributed by atoms with van der Waals surface area (Å²) in [7, 11) is 0. The van der Waals surface area contributed by atoms with Crippen LogP contribution in [0.15, 0.2) is 48.7 Å². The molecule has 0 saturated heterocycles. The van der Waals surface area contributed by atoms with Gasteiger partial charge in [0.1, 0.15) is 0 Å². The van der Waals surface area contributed by atoms with Crippen LogP contribution in [0.4, 0.5) is 0 Å². The summed E-state index contributed by atoms with van der Waals surface area (Å²) in [6.45, 7) is 9.95. The molecule has 0 aromatic heterocycles. The Labute approximate surface area is 133 Å². The van der Waals surface area contributed by atoms with E-state index >= 15 is 0 Å². The molecular weight excluding hydrogens is 272 g/mol. The normalized spacial score (nSPS) is 13.1. The number of aliphatic carboxylic acids is 1. The van der Waals surface area contributed by atoms with E-state index in [0.717, 1.165) is 11.1 Å². The van der Waals surface area contributed by atoms with E-state index in [9.17, 15) is 9.90 Å². The molecule has 1 rings (SSSR count). The highest BCUT2D eigenvalue weighted by Crippen LogP contribution is 2.19. The van der Waals surface area contributed by atoms with Crippen molar-refractivity contribution in [2.45, 2.75) is 33.6 Å². The van der Waals surface area contributed by atoms with Crippen LogP contribution in [0.5, 0.6) is 0 Å². The van der Waals surface area contributed by atoms with Gasteiger partial charge in [-0.05, 0) is 48.0 Å². The van der Waals surface area contributed by atoms with E-state index in [1.807, 2.05) is 43.3 Å². The Morgan fingerprint density at radius 2 is 1.86 bits per heavy atom. The minimum absolute atomic E-state index is 0.198. The Kier molecular flexibility index (Phi) is 7.42. The Balaban J connectivity index is 2.70. The zero-order valence-electron chi connectivity index (χ0n) is 13.8. The fourth-order valence-corrected chi connectivity index (χ4v) is 2.27. The highest BCUT2D eigenvalue weighted by Gasteiger charge is 2.20. The fraction of sp³-hybridized carbons (Fsp3) is 0.400. The summed E-state index contributed by atoms with van der Waals surface area (Å²) in [5, 5.41) is 9.44. The summed E-state index contributed by atoms with van der Waals surface area (Å²) < 4.78 is 0. The molecule has 1 aromatic rings. The van der Waals surface area contributed by atoms with Gasteiger partial charge in [0.15, 0.2) is 0 Å². The highest BCUT2D eigenvalue weighted by molar-refractivity contribution is 5.70. The van der Waals surface area contributed by atoms with Crippen LogP contribution in [0.2, 0.25) is 0 Å². The van der Waals surface area contributed by atoms with Gasteiger partial charge in [-0.25, -0.2) is 0 Å². The summed E-state index contributed by atoms with van der Waals surface area (Å²) in [5.41, 5.74) is 5.25. The van der Waals surface area contributed by atoms with Crippen LogP contribution < -0.4 is 0 Å². The second-order valence-corrected chi connectivity index (χ2v) is 6.14. The van der Waals surface area contributed by atoms with Crippen LogP contribution in [0.25, 0.3) is 6.08 Å². The third kappa shape index (κ3) is 6.60. The molecule has 0 spiro atoms. The molecule has 118 valence electrons. The molecule has 0 bridgehead atoms. The first-order chi connectivity index (χ1) is 10.4. The second-order valence-electron chi connectivity index (χ2n) is 6.14. The van der Waals surface area contributed by atoms with E-state index in [1.54, 1.807) is 6.08 Å². The van der Waals surface area contributed by atoms with Crippen molar-refractivity contribution < 1.29 is 9.90 Å². The number of allylic oxidation sites excluding steroid dienone is 1. The van der Waals surface area contributed by atoms with Crippen LogP contribution in [0.3, 0.4) is 0 Å². The molecule has 2 nitrogen and oxygen atoms in total. The van der Waals surface area contributed by atoms with Crippen molar-refractivity contribution in [1.82, 2.24) is 0 Å². The molecule has 0 amide bonds. The summed E-state index contributed by atoms with van der Waals surface area (Å²) >= 11 is 0. The molecule has 2 unspecified atom stereocenters. The molecule has 1 aromatic carbocycles. The molecular formula is C20H26O2. The van der Waals surface area contributed by atoms with E-state index < -0.39 is 5.97 Å². The molecule has 0 aliphatic rings. The molecule has 2 heteroatoms. The van der Waals surface area contributed by atoms with Crippen LogP contribution in [-0.2, 0) is 11.2 Å². The van der Waals surface area contributed by atoms with E-state index in [1.165, 1.54) is 0 Å². The van der Waals surface area contributed by atoms with Crippen molar-refractivity contribution in [2.24, 2.45) is 17.8 Å². The van der Waals surface area contributed by atoms with Crippen molar-refractivity contribution in [2.75, 3.05) is 0 Å². The number of carbonyl (C=O) groups is 1. The average molecular weight is 298 g/mol. The minimum Gasteiger partial charge on any atom is -0.481 e. The first-order valence-electron chi connectivity index (χ1n) is 7.79. The van der Waals surface area contributed by atoms with Crippen molar-refractivity contribution in [3.63, 3.8) is 0 Å². The molecule has 0 fully saturated rings. The quantitative estimate of drug-likeness (QED) is 0.688. The Hall–Kier alpha value is -2.05. The predicted octanol–water partition coefficient (Wildman–Crippen LogP) is 4.97. The topological polar surface area (TPSA) is 37.3 Å². The standard InChI is InChI=1S/C20H26O2/c1-5-17-9-11-18(12-10-17)14-19(20(21)22)13-16(4)8-6-7-15(2)3/h5,7-12,15-16,19H,1,13-14H2,2-4H3,(H,21,22). The molecule has 0 aliphatic carbocycles. The zero-order chi connectivity index (χ0) is 16.5. The lowest BCUT2D eigenvalue weighted by Gasteiger charge is -2.15. The van der Waals surface area contributed by atoms with Gasteiger partial charge >= 0.3 is 5.97 Å². The molecule has 0 heterocycles. The molecule has 0 aliphatic heterocycles. The van der Waals surface area contributed by atoms with Crippen LogP contribution >= 0.6 is 0 Å². The van der Waals surface area contributed by atoms with Crippen molar-refractivity contribution in [3.8, 4) is 0 Å². The summed E-state index contributed by atoms with van der Waals surface area (Å²) in [5.74, 6) is -0.451. The number of rotatable bonds is 8. The van der Waals surface area contributed by atoms with Gasteiger partial charge in [0.2, 0.25) is 0 Å². The van der Waals surface area contributed by atoms with Gasteiger partial charge in [-0.2, -0.15) is 0 Å². The van der Waals surface area contributed by atoms with Gasteiger partial charge < -0.3 is 5.11 Å².